The van der Waals surface area contributed by atoms with Crippen LogP contribution in [0.15, 0.2) is 23.6 Å². The Hall–Kier alpha value is -1.63. The number of benzene rings is 1. The molecule has 1 aliphatic rings. The predicted octanol–water partition coefficient (Wildman–Crippen LogP) is 3.96. The molecular weight excluding hydrogens is 360 g/mol. The number of carboxylic acid groups (broad SMARTS) is 1. The first-order chi connectivity index (χ1) is 12.1. The molecule has 0 bridgehead atoms. The molecule has 134 valence electrons. The molecule has 5 nitrogen and oxygen atoms in total. The molecule has 1 aromatic carbocycles. The third-order valence-electron chi connectivity index (χ3n) is 4.17. The highest BCUT2D eigenvalue weighted by molar-refractivity contribution is 7.13. The van der Waals surface area contributed by atoms with Crippen molar-refractivity contribution >= 4 is 28.9 Å². The largest absolute Gasteiger partial charge is 0.492 e. The number of rotatable bonds is 7. The van der Waals surface area contributed by atoms with E-state index >= 15 is 0 Å². The molecule has 1 aromatic heterocycles. The van der Waals surface area contributed by atoms with E-state index in [0.717, 1.165) is 36.0 Å². The highest BCUT2D eigenvalue weighted by Crippen LogP contribution is 2.34. The summed E-state index contributed by atoms with van der Waals surface area (Å²) in [4.78, 5) is 17.7. The molecule has 1 fully saturated rings. The van der Waals surface area contributed by atoms with Gasteiger partial charge in [-0.1, -0.05) is 18.0 Å². The van der Waals surface area contributed by atoms with Crippen molar-refractivity contribution in [1.82, 2.24) is 9.88 Å². The van der Waals surface area contributed by atoms with Gasteiger partial charge in [-0.05, 0) is 44.1 Å². The summed E-state index contributed by atoms with van der Waals surface area (Å²) in [5, 5.41) is 12.0. The minimum absolute atomic E-state index is 0.0811. The van der Waals surface area contributed by atoms with E-state index < -0.39 is 5.97 Å². The molecule has 0 spiro atoms. The number of nitrogens with zero attached hydrogens (tertiary/aromatic N) is 2. The normalized spacial score (nSPS) is 15.2. The molecule has 1 N–H and O–H groups in total. The van der Waals surface area contributed by atoms with Gasteiger partial charge in [0.2, 0.25) is 0 Å². The van der Waals surface area contributed by atoms with Crippen LogP contribution in [0.25, 0.3) is 10.6 Å². The number of ether oxygens (including phenoxy) is 1. The molecule has 0 radical (unpaired) electrons. The Morgan fingerprint density at radius 1 is 1.32 bits per heavy atom. The number of hydrogen-bond donors (Lipinski definition) is 1. The molecule has 25 heavy (non-hydrogen) atoms. The molecule has 0 unspecified atom stereocenters. The first-order valence-corrected chi connectivity index (χ1v) is 9.69. The minimum Gasteiger partial charge on any atom is -0.492 e. The number of aliphatic carboxylic acids is 1. The van der Waals surface area contributed by atoms with Crippen molar-refractivity contribution in [3.05, 3.63) is 34.3 Å². The SMILES string of the molecule is O=C(O)Cc1csc(-c2cc(Cl)ccc2OCCN2CCCCC2)n1. The molecular formula is C18H21ClN2O3S. The van der Waals surface area contributed by atoms with Crippen molar-refractivity contribution in [2.45, 2.75) is 25.7 Å². The molecule has 2 aromatic rings. The van der Waals surface area contributed by atoms with Gasteiger partial charge in [-0.25, -0.2) is 4.98 Å². The summed E-state index contributed by atoms with van der Waals surface area (Å²) < 4.78 is 5.99. The summed E-state index contributed by atoms with van der Waals surface area (Å²) in [5.41, 5.74) is 1.36. The summed E-state index contributed by atoms with van der Waals surface area (Å²) >= 11 is 7.54. The maximum absolute atomic E-state index is 10.8. The monoisotopic (exact) mass is 380 g/mol. The zero-order valence-corrected chi connectivity index (χ0v) is 15.5. The lowest BCUT2D eigenvalue weighted by Gasteiger charge is -2.26. The van der Waals surface area contributed by atoms with Crippen LogP contribution in [0.5, 0.6) is 5.75 Å². The van der Waals surface area contributed by atoms with E-state index in [1.807, 2.05) is 12.1 Å². The van der Waals surface area contributed by atoms with Crippen molar-refractivity contribution in [2.75, 3.05) is 26.2 Å². The van der Waals surface area contributed by atoms with E-state index in [0.29, 0.717) is 17.3 Å². The Labute approximate surface area is 156 Å². The lowest BCUT2D eigenvalue weighted by Crippen LogP contribution is -2.33. The van der Waals surface area contributed by atoms with Crippen LogP contribution in [0, 0.1) is 0 Å². The third-order valence-corrected chi connectivity index (χ3v) is 5.33. The van der Waals surface area contributed by atoms with Crippen LogP contribution in [0.3, 0.4) is 0 Å². The molecule has 3 rings (SSSR count). The van der Waals surface area contributed by atoms with E-state index in [-0.39, 0.29) is 6.42 Å². The fraction of sp³-hybridized carbons (Fsp3) is 0.444. The average Bonchev–Trinajstić information content (AvgIpc) is 3.04. The Kier molecular flexibility index (Phi) is 6.29. The van der Waals surface area contributed by atoms with Crippen molar-refractivity contribution in [3.8, 4) is 16.3 Å². The van der Waals surface area contributed by atoms with Gasteiger partial charge in [0, 0.05) is 16.9 Å². The van der Waals surface area contributed by atoms with Crippen LogP contribution in [0.2, 0.25) is 5.02 Å². The highest BCUT2D eigenvalue weighted by Gasteiger charge is 2.14. The molecule has 1 aliphatic heterocycles. The lowest BCUT2D eigenvalue weighted by atomic mass is 10.1. The molecule has 0 saturated carbocycles. The van der Waals surface area contributed by atoms with Gasteiger partial charge in [0.25, 0.3) is 0 Å². The quantitative estimate of drug-likeness (QED) is 0.787. The first-order valence-electron chi connectivity index (χ1n) is 8.43. The van der Waals surface area contributed by atoms with Gasteiger partial charge in [-0.15, -0.1) is 11.3 Å². The number of aromatic nitrogens is 1. The van der Waals surface area contributed by atoms with Gasteiger partial charge < -0.3 is 9.84 Å². The average molecular weight is 381 g/mol. The second kappa shape index (κ2) is 8.65. The van der Waals surface area contributed by atoms with E-state index in [4.69, 9.17) is 21.4 Å². The molecule has 0 aliphatic carbocycles. The van der Waals surface area contributed by atoms with Gasteiger partial charge in [0.15, 0.2) is 0 Å². The van der Waals surface area contributed by atoms with Crippen LogP contribution >= 0.6 is 22.9 Å². The minimum atomic E-state index is -0.888. The van der Waals surface area contributed by atoms with E-state index in [1.54, 1.807) is 11.4 Å². The topological polar surface area (TPSA) is 62.7 Å². The molecule has 2 heterocycles. The van der Waals surface area contributed by atoms with Crippen LogP contribution in [0.4, 0.5) is 0 Å². The maximum atomic E-state index is 10.8. The lowest BCUT2D eigenvalue weighted by molar-refractivity contribution is -0.136. The van der Waals surface area contributed by atoms with Crippen molar-refractivity contribution in [1.29, 1.82) is 0 Å². The molecule has 0 amide bonds. The van der Waals surface area contributed by atoms with Crippen LogP contribution in [0.1, 0.15) is 25.0 Å². The number of piperidine rings is 1. The second-order valence-electron chi connectivity index (χ2n) is 6.11. The smallest absolute Gasteiger partial charge is 0.309 e. The fourth-order valence-electron chi connectivity index (χ4n) is 2.93. The Bertz CT molecular complexity index is 729. The van der Waals surface area contributed by atoms with Crippen LogP contribution < -0.4 is 4.74 Å². The first kappa shape index (κ1) is 18.2. The zero-order chi connectivity index (χ0) is 17.6. The maximum Gasteiger partial charge on any atom is 0.309 e. The van der Waals surface area contributed by atoms with E-state index in [9.17, 15) is 4.79 Å². The number of carbonyl (C=O) groups is 1. The zero-order valence-electron chi connectivity index (χ0n) is 13.9. The summed E-state index contributed by atoms with van der Waals surface area (Å²) in [7, 11) is 0. The number of hydrogen-bond acceptors (Lipinski definition) is 5. The van der Waals surface area contributed by atoms with Crippen LogP contribution in [-0.4, -0.2) is 47.2 Å². The predicted molar refractivity (Wildman–Crippen MR) is 99.7 cm³/mol. The molecule has 0 atom stereocenters. The fourth-order valence-corrected chi connectivity index (χ4v) is 3.94. The second-order valence-corrected chi connectivity index (χ2v) is 7.40. The summed E-state index contributed by atoms with van der Waals surface area (Å²) in [6, 6.07) is 5.47. The number of thiazole rings is 1. The number of halogens is 1. The summed E-state index contributed by atoms with van der Waals surface area (Å²) in [5.74, 6) is -0.154. The molecule has 7 heteroatoms. The Morgan fingerprint density at radius 3 is 2.88 bits per heavy atom. The number of likely N-dealkylation sites (tertiary alicyclic amines) is 1. The third kappa shape index (κ3) is 5.17. The molecule has 1 saturated heterocycles. The van der Waals surface area contributed by atoms with E-state index in [2.05, 4.69) is 9.88 Å². The standard InChI is InChI=1S/C18H21ClN2O3S/c19-13-4-5-16(24-9-8-21-6-2-1-3-7-21)15(10-13)18-20-14(12-25-18)11-17(22)23/h4-5,10,12H,1-3,6-9,11H2,(H,22,23). The van der Waals surface area contributed by atoms with Crippen molar-refractivity contribution in [2.24, 2.45) is 0 Å². The van der Waals surface area contributed by atoms with Gasteiger partial charge in [0.1, 0.15) is 17.4 Å². The van der Waals surface area contributed by atoms with Gasteiger partial charge in [-0.2, -0.15) is 0 Å². The summed E-state index contributed by atoms with van der Waals surface area (Å²) in [6.45, 7) is 3.80. The van der Waals surface area contributed by atoms with Crippen molar-refractivity contribution in [3.63, 3.8) is 0 Å². The number of carboxylic acids is 1. The highest BCUT2D eigenvalue weighted by atomic mass is 35.5. The van der Waals surface area contributed by atoms with Gasteiger partial charge in [0.05, 0.1) is 17.7 Å². The van der Waals surface area contributed by atoms with Gasteiger partial charge >= 0.3 is 5.97 Å². The van der Waals surface area contributed by atoms with E-state index in [1.165, 1.54) is 30.6 Å². The van der Waals surface area contributed by atoms with Gasteiger partial charge in [-0.3, -0.25) is 9.69 Å². The van der Waals surface area contributed by atoms with Crippen molar-refractivity contribution < 1.29 is 14.6 Å². The summed E-state index contributed by atoms with van der Waals surface area (Å²) in [6.07, 6.45) is 3.76. The Morgan fingerprint density at radius 2 is 2.12 bits per heavy atom. The Balaban J connectivity index is 1.69. The van der Waals surface area contributed by atoms with Crippen LogP contribution in [-0.2, 0) is 11.2 Å².